The number of hydrogen-bond acceptors (Lipinski definition) is 13. The van der Waals surface area contributed by atoms with Crippen molar-refractivity contribution in [2.75, 3.05) is 19.8 Å². The second-order valence-corrected chi connectivity index (χ2v) is 11.4. The minimum Gasteiger partial charge on any atom is -0.480 e. The van der Waals surface area contributed by atoms with Gasteiger partial charge in [-0.25, -0.2) is 9.80 Å². The molecule has 1 aliphatic rings. The molecule has 48 heavy (non-hydrogen) atoms. The molecule has 270 valence electrons. The van der Waals surface area contributed by atoms with Crippen LogP contribution >= 0.6 is 0 Å². The lowest BCUT2D eigenvalue weighted by molar-refractivity contribution is -0.145. The average Bonchev–Trinajstić information content (AvgIpc) is 3.06. The van der Waals surface area contributed by atoms with Gasteiger partial charge in [-0.1, -0.05) is 6.92 Å². The summed E-state index contributed by atoms with van der Waals surface area (Å²) in [5.41, 5.74) is 9.65. The van der Waals surface area contributed by atoms with Crippen LogP contribution in [0, 0.1) is 0 Å². The van der Waals surface area contributed by atoms with Gasteiger partial charge in [-0.15, -0.1) is 0 Å². The Morgan fingerprint density at radius 3 is 2.04 bits per heavy atom. The fourth-order valence-corrected chi connectivity index (χ4v) is 4.03. The third-order valence-corrected chi connectivity index (χ3v) is 7.42. The van der Waals surface area contributed by atoms with Crippen molar-refractivity contribution in [3.63, 3.8) is 0 Å². The fourth-order valence-electron chi connectivity index (χ4n) is 4.03. The van der Waals surface area contributed by atoms with Gasteiger partial charge in [0.2, 0.25) is 23.6 Å². The number of amides is 6. The number of nitrogens with zero attached hydrogens (tertiary/aromatic N) is 2. The number of hydrogen-bond donors (Lipinski definition) is 11. The first kappa shape index (κ1) is 41.5. The fraction of sp³-hybridized carbons (Fsp3) is 0.643. The number of aliphatic carboxylic acids is 1. The Bertz CT molecular complexity index is 1280. The van der Waals surface area contributed by atoms with Crippen LogP contribution in [-0.4, -0.2) is 135 Å². The van der Waals surface area contributed by atoms with Crippen molar-refractivity contribution in [3.05, 3.63) is 11.3 Å². The summed E-state index contributed by atoms with van der Waals surface area (Å²) < 4.78 is 0. The first-order chi connectivity index (χ1) is 22.4. The minimum absolute atomic E-state index is 0.0721. The average molecular weight is 686 g/mol. The Morgan fingerprint density at radius 1 is 0.958 bits per heavy atom. The topological polar surface area (TPSA) is 328 Å². The summed E-state index contributed by atoms with van der Waals surface area (Å²) in [6.45, 7) is 4.46. The summed E-state index contributed by atoms with van der Waals surface area (Å²) in [6, 6.07) is -7.93. The zero-order valence-electron chi connectivity index (χ0n) is 27.5. The molecule has 0 aromatic carbocycles. The number of carbonyl (C=O) groups excluding carboxylic acids is 6. The van der Waals surface area contributed by atoms with E-state index in [-0.39, 0.29) is 18.5 Å². The number of carbonyl (C=O) groups is 7. The number of nitrogens with one attached hydrogen (secondary N) is 5. The predicted octanol–water partition coefficient (Wildman–Crippen LogP) is -5.15. The van der Waals surface area contributed by atoms with E-state index in [9.17, 15) is 48.9 Å². The van der Waals surface area contributed by atoms with E-state index in [1.807, 2.05) is 0 Å². The van der Waals surface area contributed by atoms with Crippen LogP contribution in [0.4, 0.5) is 0 Å². The van der Waals surface area contributed by atoms with Gasteiger partial charge in [0.1, 0.15) is 35.4 Å². The summed E-state index contributed by atoms with van der Waals surface area (Å²) in [6.07, 6.45) is 2.00. The maximum Gasteiger partial charge on any atom is 0.328 e. The lowest BCUT2D eigenvalue weighted by Crippen LogP contribution is -2.64. The first-order valence-corrected chi connectivity index (χ1v) is 15.1. The standard InChI is InChI=1S/C28H47N9O11/c1-6-13(2)19(24(44)34-17(10-38)26(46)47)35-21(41)15(4)32-23(43)18-8-7-9-31-37(18)25(45)20(14(3)29)36-22(42)16(5)33-27(48)28(30,11-39)12-40/h9,14-18,20,38-40H,6-8,10-12,29-30H2,1-5H3,(H,32,43)(H,33,48)(H,34,44)(H,35,41)(H,36,42)(H,46,47)/t14-,15-,16-,17-,18-,20-/m0/s1. The van der Waals surface area contributed by atoms with Crippen molar-refractivity contribution in [2.45, 2.75) is 95.7 Å². The van der Waals surface area contributed by atoms with Crippen molar-refractivity contribution in [1.82, 2.24) is 31.6 Å². The number of aliphatic hydroxyl groups excluding tert-OH is 3. The number of carboxylic acids is 1. The maximum absolute atomic E-state index is 13.6. The number of carboxylic acid groups (broad SMARTS) is 1. The van der Waals surface area contributed by atoms with Crippen molar-refractivity contribution < 1.29 is 54.0 Å². The van der Waals surface area contributed by atoms with Crippen LogP contribution in [0.1, 0.15) is 53.9 Å². The van der Waals surface area contributed by atoms with Gasteiger partial charge >= 0.3 is 5.97 Å². The Hall–Kier alpha value is -4.50. The smallest absolute Gasteiger partial charge is 0.328 e. The molecule has 6 atom stereocenters. The Morgan fingerprint density at radius 2 is 1.54 bits per heavy atom. The number of hydrazone groups is 1. The van der Waals surface area contributed by atoms with E-state index in [0.29, 0.717) is 12.0 Å². The molecule has 1 rings (SSSR count). The van der Waals surface area contributed by atoms with Gasteiger partial charge < -0.3 is 58.5 Å². The van der Waals surface area contributed by atoms with Gasteiger partial charge in [-0.3, -0.25) is 28.8 Å². The molecule has 0 aromatic heterocycles. The molecule has 0 unspecified atom stereocenters. The van der Waals surface area contributed by atoms with Gasteiger partial charge in [0.25, 0.3) is 11.8 Å². The molecule has 0 radical (unpaired) electrons. The van der Waals surface area contributed by atoms with E-state index in [1.165, 1.54) is 33.9 Å². The lowest BCUT2D eigenvalue weighted by atomic mass is 10.0. The minimum atomic E-state index is -2.06. The van der Waals surface area contributed by atoms with Crippen LogP contribution in [0.2, 0.25) is 0 Å². The highest BCUT2D eigenvalue weighted by Gasteiger charge is 2.40. The van der Waals surface area contributed by atoms with Crippen LogP contribution in [0.25, 0.3) is 0 Å². The molecular weight excluding hydrogens is 638 g/mol. The van der Waals surface area contributed by atoms with Crippen molar-refractivity contribution in [1.29, 1.82) is 0 Å². The number of nitrogens with two attached hydrogens (primary N) is 2. The highest BCUT2D eigenvalue weighted by molar-refractivity contribution is 6.02. The third kappa shape index (κ3) is 11.0. The zero-order chi connectivity index (χ0) is 36.9. The SMILES string of the molecule is CCC(C)=C(NC(=O)[C@H](C)NC(=O)[C@@H]1CCC=NN1C(=O)[C@@H](NC(=O)[C@H](C)NC(=O)C(N)(CO)CO)[C@H](C)N)C(=O)N[C@@H](CO)C(=O)O. The van der Waals surface area contributed by atoms with E-state index in [0.717, 1.165) is 5.01 Å². The quantitative estimate of drug-likeness (QED) is 0.0639. The molecule has 0 saturated carbocycles. The molecule has 0 spiro atoms. The van der Waals surface area contributed by atoms with Gasteiger partial charge in [0.15, 0.2) is 6.04 Å². The normalized spacial score (nSPS) is 18.2. The molecule has 1 heterocycles. The molecule has 0 saturated heterocycles. The zero-order valence-corrected chi connectivity index (χ0v) is 27.5. The molecule has 20 heteroatoms. The summed E-state index contributed by atoms with van der Waals surface area (Å²) in [5, 5.41) is 53.4. The van der Waals surface area contributed by atoms with E-state index in [1.54, 1.807) is 6.92 Å². The van der Waals surface area contributed by atoms with E-state index in [4.69, 9.17) is 16.6 Å². The van der Waals surface area contributed by atoms with Crippen LogP contribution in [0.3, 0.4) is 0 Å². The summed E-state index contributed by atoms with van der Waals surface area (Å²) in [7, 11) is 0. The largest absolute Gasteiger partial charge is 0.480 e. The molecule has 20 nitrogen and oxygen atoms in total. The molecule has 0 aliphatic carbocycles. The Balaban J connectivity index is 3.08. The Labute approximate surface area is 276 Å². The monoisotopic (exact) mass is 685 g/mol. The van der Waals surface area contributed by atoms with Crippen molar-refractivity contribution >= 4 is 47.6 Å². The second-order valence-electron chi connectivity index (χ2n) is 11.4. The first-order valence-electron chi connectivity index (χ1n) is 15.1. The molecule has 6 amide bonds. The van der Waals surface area contributed by atoms with Crippen molar-refractivity contribution in [3.8, 4) is 0 Å². The predicted molar refractivity (Wildman–Crippen MR) is 168 cm³/mol. The summed E-state index contributed by atoms with van der Waals surface area (Å²) >= 11 is 0. The van der Waals surface area contributed by atoms with E-state index >= 15 is 0 Å². The van der Waals surface area contributed by atoms with Crippen LogP contribution in [0.15, 0.2) is 16.4 Å². The molecule has 0 aromatic rings. The molecule has 0 fully saturated rings. The van der Waals surface area contributed by atoms with Crippen LogP contribution in [-0.2, 0) is 33.6 Å². The number of aliphatic hydroxyl groups is 3. The van der Waals surface area contributed by atoms with Crippen LogP contribution in [0.5, 0.6) is 0 Å². The van der Waals surface area contributed by atoms with Gasteiger partial charge in [0.05, 0.1) is 19.8 Å². The van der Waals surface area contributed by atoms with Gasteiger partial charge in [-0.05, 0) is 52.5 Å². The van der Waals surface area contributed by atoms with E-state index in [2.05, 4.69) is 31.7 Å². The Kier molecular flexibility index (Phi) is 16.2. The third-order valence-electron chi connectivity index (χ3n) is 7.42. The number of rotatable bonds is 17. The lowest BCUT2D eigenvalue weighted by Gasteiger charge is -2.34. The van der Waals surface area contributed by atoms with Gasteiger partial charge in [-0.2, -0.15) is 5.10 Å². The number of allylic oxidation sites excluding steroid dienone is 1. The molecular formula is C28H47N9O11. The molecule has 1 aliphatic heterocycles. The molecule has 13 N–H and O–H groups in total. The maximum atomic E-state index is 13.6. The molecule has 0 bridgehead atoms. The highest BCUT2D eigenvalue weighted by Crippen LogP contribution is 2.16. The van der Waals surface area contributed by atoms with Crippen molar-refractivity contribution in [2.24, 2.45) is 16.6 Å². The van der Waals surface area contributed by atoms with Crippen LogP contribution < -0.4 is 38.1 Å². The summed E-state index contributed by atoms with van der Waals surface area (Å²) in [5.74, 6) is -6.92. The highest BCUT2D eigenvalue weighted by atomic mass is 16.4. The van der Waals surface area contributed by atoms with Gasteiger partial charge in [0, 0.05) is 12.3 Å². The van der Waals surface area contributed by atoms with E-state index < -0.39 is 103 Å². The second kappa shape index (κ2) is 18.7. The summed E-state index contributed by atoms with van der Waals surface area (Å²) in [4.78, 5) is 89.1.